The fourth-order valence-corrected chi connectivity index (χ4v) is 3.48. The first-order valence-corrected chi connectivity index (χ1v) is 8.32. The molecule has 21 heavy (non-hydrogen) atoms. The zero-order valence-electron chi connectivity index (χ0n) is 10.9. The molecule has 0 aliphatic carbocycles. The van der Waals surface area contributed by atoms with Crippen LogP contribution in [0.2, 0.25) is 5.02 Å². The van der Waals surface area contributed by atoms with E-state index in [1.807, 2.05) is 30.3 Å². The first-order valence-electron chi connectivity index (χ1n) is 6.36. The first kappa shape index (κ1) is 15.2. The summed E-state index contributed by atoms with van der Waals surface area (Å²) in [5.74, 6) is 1.45. The van der Waals surface area contributed by atoms with Gasteiger partial charge in [-0.1, -0.05) is 43.5 Å². The highest BCUT2D eigenvalue weighted by Gasteiger charge is 2.20. The normalized spacial score (nSPS) is 14.9. The summed E-state index contributed by atoms with van der Waals surface area (Å²) in [5, 5.41) is 0.650. The van der Waals surface area contributed by atoms with Crippen LogP contribution in [0.25, 0.3) is 0 Å². The molecule has 1 aliphatic heterocycles. The van der Waals surface area contributed by atoms with E-state index in [9.17, 15) is 0 Å². The molecule has 0 radical (unpaired) electrons. The Morgan fingerprint density at radius 2 is 1.57 bits per heavy atom. The van der Waals surface area contributed by atoms with Crippen molar-refractivity contribution in [2.24, 2.45) is 5.73 Å². The van der Waals surface area contributed by atoms with Gasteiger partial charge in [0.2, 0.25) is 0 Å². The fourth-order valence-electron chi connectivity index (χ4n) is 2.24. The maximum Gasteiger partial charge on any atom is 0.162 e. The van der Waals surface area contributed by atoms with Crippen molar-refractivity contribution in [3.8, 4) is 11.5 Å². The molecule has 3 nitrogen and oxygen atoms in total. The molecule has 0 spiro atoms. The number of benzene rings is 2. The minimum Gasteiger partial charge on any atom is -0.486 e. The quantitative estimate of drug-likeness (QED) is 0.748. The predicted molar refractivity (Wildman–Crippen MR) is 90.3 cm³/mol. The van der Waals surface area contributed by atoms with Crippen molar-refractivity contribution >= 4 is 43.5 Å². The number of fused-ring (bicyclic) bond motifs is 1. The van der Waals surface area contributed by atoms with E-state index in [1.54, 1.807) is 0 Å². The molecule has 0 amide bonds. The molecule has 1 heterocycles. The molecule has 2 N–H and O–H groups in total. The zero-order chi connectivity index (χ0) is 15.0. The third-order valence-electron chi connectivity index (χ3n) is 3.29. The lowest BCUT2D eigenvalue weighted by Crippen LogP contribution is -2.18. The van der Waals surface area contributed by atoms with Crippen molar-refractivity contribution in [1.82, 2.24) is 0 Å². The minimum absolute atomic E-state index is 0.330. The molecule has 110 valence electrons. The lowest BCUT2D eigenvalue weighted by Gasteiger charge is -2.22. The summed E-state index contributed by atoms with van der Waals surface area (Å²) in [5.41, 5.74) is 8.24. The van der Waals surface area contributed by atoms with Crippen LogP contribution in [-0.4, -0.2) is 13.2 Å². The number of hydrogen-bond acceptors (Lipinski definition) is 3. The van der Waals surface area contributed by atoms with E-state index in [1.165, 1.54) is 0 Å². The number of nitrogens with two attached hydrogens (primary N) is 1. The molecule has 0 fully saturated rings. The van der Waals surface area contributed by atoms with Gasteiger partial charge in [-0.2, -0.15) is 0 Å². The van der Waals surface area contributed by atoms with Crippen molar-refractivity contribution in [2.45, 2.75) is 6.04 Å². The Bertz CT molecular complexity index is 694. The number of halogens is 3. The highest BCUT2D eigenvalue weighted by molar-refractivity contribution is 9.10. The Labute approximate surface area is 144 Å². The van der Waals surface area contributed by atoms with Gasteiger partial charge in [0.15, 0.2) is 11.5 Å². The molecule has 0 saturated carbocycles. The summed E-state index contributed by atoms with van der Waals surface area (Å²) in [6.45, 7) is 1.11. The van der Waals surface area contributed by atoms with E-state index < -0.39 is 0 Å². The smallest absolute Gasteiger partial charge is 0.162 e. The Kier molecular flexibility index (Phi) is 4.45. The molecule has 6 heteroatoms. The van der Waals surface area contributed by atoms with Crippen molar-refractivity contribution in [1.29, 1.82) is 0 Å². The predicted octanol–water partition coefficient (Wildman–Crippen LogP) is 4.68. The number of ether oxygens (including phenoxy) is 2. The van der Waals surface area contributed by atoms with Gasteiger partial charge in [-0.25, -0.2) is 0 Å². The van der Waals surface area contributed by atoms with Crippen molar-refractivity contribution in [2.75, 3.05) is 13.2 Å². The van der Waals surface area contributed by atoms with Gasteiger partial charge in [0, 0.05) is 14.0 Å². The van der Waals surface area contributed by atoms with Gasteiger partial charge in [0.1, 0.15) is 13.2 Å². The molecular weight excluding hydrogens is 421 g/mol. The second-order valence-corrected chi connectivity index (χ2v) is 6.81. The van der Waals surface area contributed by atoms with Gasteiger partial charge in [0.05, 0.1) is 6.04 Å². The average molecular weight is 434 g/mol. The van der Waals surface area contributed by atoms with Crippen LogP contribution >= 0.6 is 43.5 Å². The van der Waals surface area contributed by atoms with E-state index in [0.717, 1.165) is 25.8 Å². The standard InChI is InChI=1S/C15H12Br2ClNO2/c16-11-2-1-8(18)5-9(11)15(19)10-6-13-14(7-12(10)17)21-4-3-20-13/h1-2,5-7,15H,3-4,19H2. The van der Waals surface area contributed by atoms with Gasteiger partial charge < -0.3 is 15.2 Å². The molecule has 1 unspecified atom stereocenters. The Hall–Kier alpha value is -0.750. The molecule has 0 bridgehead atoms. The van der Waals surface area contributed by atoms with Crippen molar-refractivity contribution in [3.05, 3.63) is 55.4 Å². The maximum absolute atomic E-state index is 6.40. The molecule has 2 aromatic carbocycles. The van der Waals surface area contributed by atoms with Crippen LogP contribution in [0, 0.1) is 0 Å². The van der Waals surface area contributed by atoms with Gasteiger partial charge >= 0.3 is 0 Å². The topological polar surface area (TPSA) is 44.5 Å². The minimum atomic E-state index is -0.330. The Balaban J connectivity index is 2.05. The van der Waals surface area contributed by atoms with E-state index >= 15 is 0 Å². The third kappa shape index (κ3) is 3.06. The lowest BCUT2D eigenvalue weighted by atomic mass is 9.99. The molecular formula is C15H12Br2ClNO2. The average Bonchev–Trinajstić information content (AvgIpc) is 2.48. The highest BCUT2D eigenvalue weighted by atomic mass is 79.9. The SMILES string of the molecule is NC(c1cc(Cl)ccc1Br)c1cc2c(cc1Br)OCCO2. The molecule has 1 atom stereocenters. The summed E-state index contributed by atoms with van der Waals surface area (Å²) in [6, 6.07) is 9.05. The monoisotopic (exact) mass is 431 g/mol. The Morgan fingerprint density at radius 1 is 0.952 bits per heavy atom. The van der Waals surface area contributed by atoms with E-state index in [0.29, 0.717) is 24.0 Å². The zero-order valence-corrected chi connectivity index (χ0v) is 14.8. The molecule has 1 aliphatic rings. The highest BCUT2D eigenvalue weighted by Crippen LogP contribution is 2.40. The number of rotatable bonds is 2. The molecule has 0 saturated heterocycles. The molecule has 2 aromatic rings. The molecule has 0 aromatic heterocycles. The van der Waals surface area contributed by atoms with E-state index in [-0.39, 0.29) is 6.04 Å². The van der Waals surface area contributed by atoms with Crippen LogP contribution in [0.5, 0.6) is 11.5 Å². The van der Waals surface area contributed by atoms with Crippen molar-refractivity contribution < 1.29 is 9.47 Å². The first-order chi connectivity index (χ1) is 10.1. The summed E-state index contributed by atoms with van der Waals surface area (Å²) < 4.78 is 13.0. The lowest BCUT2D eigenvalue weighted by molar-refractivity contribution is 0.171. The van der Waals surface area contributed by atoms with Crippen LogP contribution in [0.1, 0.15) is 17.2 Å². The molecule has 3 rings (SSSR count). The van der Waals surface area contributed by atoms with Gasteiger partial charge in [0.25, 0.3) is 0 Å². The van der Waals surface area contributed by atoms with Gasteiger partial charge in [-0.05, 0) is 41.5 Å². The second-order valence-electron chi connectivity index (χ2n) is 4.66. The fraction of sp³-hybridized carbons (Fsp3) is 0.200. The van der Waals surface area contributed by atoms with E-state index in [2.05, 4.69) is 31.9 Å². The maximum atomic E-state index is 6.40. The summed E-state index contributed by atoms with van der Waals surface area (Å²) >= 11 is 13.1. The van der Waals surface area contributed by atoms with Crippen LogP contribution in [0.3, 0.4) is 0 Å². The van der Waals surface area contributed by atoms with Crippen molar-refractivity contribution in [3.63, 3.8) is 0 Å². The summed E-state index contributed by atoms with van der Waals surface area (Å²) in [7, 11) is 0. The van der Waals surface area contributed by atoms with E-state index in [4.69, 9.17) is 26.8 Å². The van der Waals surface area contributed by atoms with Crippen LogP contribution < -0.4 is 15.2 Å². The Morgan fingerprint density at radius 3 is 2.29 bits per heavy atom. The summed E-state index contributed by atoms with van der Waals surface area (Å²) in [6.07, 6.45) is 0. The largest absolute Gasteiger partial charge is 0.486 e. The third-order valence-corrected chi connectivity index (χ3v) is 4.93. The van der Waals surface area contributed by atoms with Gasteiger partial charge in [-0.3, -0.25) is 0 Å². The summed E-state index contributed by atoms with van der Waals surface area (Å²) in [4.78, 5) is 0. The van der Waals surface area contributed by atoms with Crippen LogP contribution in [-0.2, 0) is 0 Å². The second kappa shape index (κ2) is 6.16. The van der Waals surface area contributed by atoms with Gasteiger partial charge in [-0.15, -0.1) is 0 Å². The number of hydrogen-bond donors (Lipinski definition) is 1. The van der Waals surface area contributed by atoms with Crippen LogP contribution in [0.4, 0.5) is 0 Å². The van der Waals surface area contributed by atoms with Crippen LogP contribution in [0.15, 0.2) is 39.3 Å².